The average Bonchev–Trinajstić information content (AvgIpc) is 2.54. The van der Waals surface area contributed by atoms with Gasteiger partial charge in [-0.1, -0.05) is 30.3 Å². The van der Waals surface area contributed by atoms with Gasteiger partial charge in [-0.3, -0.25) is 4.90 Å². The minimum atomic E-state index is -0.0514. The van der Waals surface area contributed by atoms with E-state index in [2.05, 4.69) is 35.2 Å². The molecule has 2 nitrogen and oxygen atoms in total. The van der Waals surface area contributed by atoms with E-state index in [1.165, 1.54) is 18.4 Å². The number of hydrogen-bond donors (Lipinski definition) is 1. The van der Waals surface area contributed by atoms with E-state index in [-0.39, 0.29) is 6.10 Å². The monoisotopic (exact) mass is 217 g/mol. The fourth-order valence-corrected chi connectivity index (χ4v) is 3.30. The number of hydrogen-bond acceptors (Lipinski definition) is 2. The van der Waals surface area contributed by atoms with Crippen molar-refractivity contribution in [2.45, 2.75) is 50.4 Å². The van der Waals surface area contributed by atoms with Gasteiger partial charge in [0.15, 0.2) is 0 Å². The highest BCUT2D eigenvalue weighted by atomic mass is 16.3. The van der Waals surface area contributed by atoms with Crippen LogP contribution < -0.4 is 0 Å². The van der Waals surface area contributed by atoms with Crippen molar-refractivity contribution in [1.29, 1.82) is 0 Å². The van der Waals surface area contributed by atoms with Crippen molar-refractivity contribution in [2.75, 3.05) is 0 Å². The molecule has 2 aliphatic rings. The maximum absolute atomic E-state index is 9.75. The lowest BCUT2D eigenvalue weighted by Gasteiger charge is -2.37. The van der Waals surface area contributed by atoms with E-state index in [4.69, 9.17) is 0 Å². The van der Waals surface area contributed by atoms with E-state index in [0.717, 1.165) is 19.4 Å². The van der Waals surface area contributed by atoms with Gasteiger partial charge in [-0.15, -0.1) is 0 Å². The van der Waals surface area contributed by atoms with Crippen LogP contribution in [0.25, 0.3) is 0 Å². The van der Waals surface area contributed by atoms with E-state index in [9.17, 15) is 5.11 Å². The summed E-state index contributed by atoms with van der Waals surface area (Å²) in [5.41, 5.74) is 1.40. The molecule has 0 amide bonds. The van der Waals surface area contributed by atoms with Crippen LogP contribution in [0.2, 0.25) is 0 Å². The zero-order chi connectivity index (χ0) is 11.0. The second kappa shape index (κ2) is 4.19. The van der Waals surface area contributed by atoms with E-state index in [1.807, 2.05) is 0 Å². The fourth-order valence-electron chi connectivity index (χ4n) is 3.30. The smallest absolute Gasteiger partial charge is 0.0570 e. The maximum atomic E-state index is 9.75. The molecule has 3 atom stereocenters. The van der Waals surface area contributed by atoms with Crippen LogP contribution >= 0.6 is 0 Å². The number of aliphatic hydroxyl groups excluding tert-OH is 1. The molecule has 2 bridgehead atoms. The van der Waals surface area contributed by atoms with Crippen LogP contribution in [0.3, 0.4) is 0 Å². The van der Waals surface area contributed by atoms with E-state index < -0.39 is 0 Å². The third-order valence-corrected chi connectivity index (χ3v) is 4.07. The lowest BCUT2D eigenvalue weighted by Crippen LogP contribution is -2.43. The summed E-state index contributed by atoms with van der Waals surface area (Å²) in [6, 6.07) is 11.9. The maximum Gasteiger partial charge on any atom is 0.0570 e. The molecule has 2 heterocycles. The molecule has 0 spiro atoms. The van der Waals surface area contributed by atoms with Crippen molar-refractivity contribution in [3.05, 3.63) is 35.9 Å². The van der Waals surface area contributed by atoms with Gasteiger partial charge in [-0.2, -0.15) is 0 Å². The minimum Gasteiger partial charge on any atom is -0.393 e. The molecule has 0 aromatic heterocycles. The third kappa shape index (κ3) is 1.87. The van der Waals surface area contributed by atoms with Gasteiger partial charge < -0.3 is 5.11 Å². The second-order valence-corrected chi connectivity index (χ2v) is 5.17. The summed E-state index contributed by atoms with van der Waals surface area (Å²) in [6.45, 7) is 1.06. The highest BCUT2D eigenvalue weighted by Crippen LogP contribution is 2.36. The third-order valence-electron chi connectivity index (χ3n) is 4.07. The summed E-state index contributed by atoms with van der Waals surface area (Å²) in [7, 11) is 0. The number of fused-ring (bicyclic) bond motifs is 2. The molecule has 2 aliphatic heterocycles. The Morgan fingerprint density at radius 1 is 1.06 bits per heavy atom. The predicted octanol–water partition coefficient (Wildman–Crippen LogP) is 2.17. The number of aliphatic hydroxyl groups is 1. The number of piperidine rings is 1. The molecule has 16 heavy (non-hydrogen) atoms. The van der Waals surface area contributed by atoms with E-state index in [1.54, 1.807) is 0 Å². The van der Waals surface area contributed by atoms with Crippen molar-refractivity contribution >= 4 is 0 Å². The lowest BCUT2D eigenvalue weighted by molar-refractivity contribution is 0.0310. The molecule has 0 aliphatic carbocycles. The van der Waals surface area contributed by atoms with Crippen LogP contribution in [-0.4, -0.2) is 28.2 Å². The van der Waals surface area contributed by atoms with Gasteiger partial charge >= 0.3 is 0 Å². The Kier molecular flexibility index (Phi) is 2.70. The van der Waals surface area contributed by atoms with Gasteiger partial charge in [0.1, 0.15) is 0 Å². The van der Waals surface area contributed by atoms with Crippen molar-refractivity contribution in [3.63, 3.8) is 0 Å². The van der Waals surface area contributed by atoms with Gasteiger partial charge in [-0.25, -0.2) is 0 Å². The largest absolute Gasteiger partial charge is 0.393 e. The van der Waals surface area contributed by atoms with E-state index >= 15 is 0 Å². The fraction of sp³-hybridized carbons (Fsp3) is 0.571. The number of rotatable bonds is 2. The summed E-state index contributed by atoms with van der Waals surface area (Å²) in [5, 5.41) is 9.75. The van der Waals surface area contributed by atoms with Crippen LogP contribution in [0, 0.1) is 0 Å². The van der Waals surface area contributed by atoms with Crippen LogP contribution in [-0.2, 0) is 6.54 Å². The van der Waals surface area contributed by atoms with Gasteiger partial charge in [0.2, 0.25) is 0 Å². The summed E-state index contributed by atoms with van der Waals surface area (Å²) >= 11 is 0. The van der Waals surface area contributed by atoms with Gasteiger partial charge in [0.25, 0.3) is 0 Å². The minimum absolute atomic E-state index is 0.0514. The standard InChI is InChI=1S/C14H19NO/c16-14-8-12-6-7-13(9-14)15(12)10-11-4-2-1-3-5-11/h1-5,12-14,16H,6-10H2/t12-,13+,14-. The topological polar surface area (TPSA) is 23.5 Å². The molecule has 2 heteroatoms. The van der Waals surface area contributed by atoms with Crippen LogP contribution in [0.15, 0.2) is 30.3 Å². The predicted molar refractivity (Wildman–Crippen MR) is 64.0 cm³/mol. The van der Waals surface area contributed by atoms with Crippen molar-refractivity contribution in [1.82, 2.24) is 4.90 Å². The van der Waals surface area contributed by atoms with Crippen LogP contribution in [0.4, 0.5) is 0 Å². The highest BCUT2D eigenvalue weighted by molar-refractivity contribution is 5.15. The zero-order valence-electron chi connectivity index (χ0n) is 9.55. The molecular weight excluding hydrogens is 198 g/mol. The molecule has 0 saturated carbocycles. The first kappa shape index (κ1) is 10.3. The SMILES string of the molecule is O[C@@H]1C[C@H]2CC[C@@H](C1)N2Cc1ccccc1. The molecule has 1 aromatic carbocycles. The quantitative estimate of drug-likeness (QED) is 0.820. The first-order valence-electron chi connectivity index (χ1n) is 6.30. The Hall–Kier alpha value is -0.860. The molecule has 86 valence electrons. The summed E-state index contributed by atoms with van der Waals surface area (Å²) in [5.74, 6) is 0. The first-order valence-corrected chi connectivity index (χ1v) is 6.30. The molecule has 2 fully saturated rings. The molecule has 1 N–H and O–H groups in total. The summed E-state index contributed by atoms with van der Waals surface area (Å²) in [4.78, 5) is 2.60. The first-order chi connectivity index (χ1) is 7.83. The Balaban J connectivity index is 1.72. The highest BCUT2D eigenvalue weighted by Gasteiger charge is 2.39. The molecular formula is C14H19NO. The summed E-state index contributed by atoms with van der Waals surface area (Å²) < 4.78 is 0. The number of nitrogens with zero attached hydrogens (tertiary/aromatic N) is 1. The Bertz CT molecular complexity index is 337. The molecule has 1 aromatic rings. The molecule has 3 rings (SSSR count). The zero-order valence-corrected chi connectivity index (χ0v) is 9.55. The summed E-state index contributed by atoms with van der Waals surface area (Å²) in [6.07, 6.45) is 4.44. The van der Waals surface area contributed by atoms with Crippen LogP contribution in [0.5, 0.6) is 0 Å². The number of benzene rings is 1. The van der Waals surface area contributed by atoms with E-state index in [0.29, 0.717) is 12.1 Å². The van der Waals surface area contributed by atoms with Crippen molar-refractivity contribution in [2.24, 2.45) is 0 Å². The van der Waals surface area contributed by atoms with Crippen LogP contribution in [0.1, 0.15) is 31.2 Å². The van der Waals surface area contributed by atoms with Crippen molar-refractivity contribution in [3.8, 4) is 0 Å². The molecule has 2 saturated heterocycles. The average molecular weight is 217 g/mol. The van der Waals surface area contributed by atoms with Gasteiger partial charge in [0, 0.05) is 18.6 Å². The Labute approximate surface area is 96.9 Å². The second-order valence-electron chi connectivity index (χ2n) is 5.17. The lowest BCUT2D eigenvalue weighted by atomic mass is 9.99. The van der Waals surface area contributed by atoms with Gasteiger partial charge in [-0.05, 0) is 31.2 Å². The Morgan fingerprint density at radius 3 is 2.31 bits per heavy atom. The molecule has 0 radical (unpaired) electrons. The van der Waals surface area contributed by atoms with Gasteiger partial charge in [0.05, 0.1) is 6.10 Å². The Morgan fingerprint density at radius 2 is 1.69 bits per heavy atom. The van der Waals surface area contributed by atoms with Crippen molar-refractivity contribution < 1.29 is 5.11 Å². The normalized spacial score (nSPS) is 34.2. The molecule has 0 unspecified atom stereocenters.